The lowest BCUT2D eigenvalue weighted by atomic mass is 9.99. The summed E-state index contributed by atoms with van der Waals surface area (Å²) in [4.78, 5) is 28.4. The SMILES string of the molecule is CCCOc1cccc(C(O)=C2C(=O)C(=O)N(Cc3ccccc3)C2c2cccs2)c1. The molecule has 1 aromatic heterocycles. The predicted molar refractivity (Wildman–Crippen MR) is 121 cm³/mol. The highest BCUT2D eigenvalue weighted by Gasteiger charge is 2.46. The lowest BCUT2D eigenvalue weighted by Crippen LogP contribution is -2.28. The van der Waals surface area contributed by atoms with Crippen LogP contribution in [-0.4, -0.2) is 28.3 Å². The average Bonchev–Trinajstić information content (AvgIpc) is 3.41. The lowest BCUT2D eigenvalue weighted by Gasteiger charge is -2.24. The van der Waals surface area contributed by atoms with Gasteiger partial charge in [-0.15, -0.1) is 11.3 Å². The third-order valence-corrected chi connectivity index (χ3v) is 6.05. The number of ether oxygens (including phenoxy) is 1. The summed E-state index contributed by atoms with van der Waals surface area (Å²) in [5.74, 6) is -0.861. The Balaban J connectivity index is 1.78. The van der Waals surface area contributed by atoms with E-state index in [9.17, 15) is 14.7 Å². The molecule has 1 fully saturated rings. The number of Topliss-reactive ketones (excluding diaryl/α,β-unsaturated/α-hetero) is 1. The van der Waals surface area contributed by atoms with Crippen molar-refractivity contribution in [2.45, 2.75) is 25.9 Å². The summed E-state index contributed by atoms with van der Waals surface area (Å²) in [6.45, 7) is 2.85. The molecule has 2 heterocycles. The molecule has 1 saturated heterocycles. The van der Waals surface area contributed by atoms with E-state index >= 15 is 0 Å². The minimum atomic E-state index is -0.674. The van der Waals surface area contributed by atoms with Gasteiger partial charge in [-0.2, -0.15) is 0 Å². The van der Waals surface area contributed by atoms with Crippen LogP contribution in [0, 0.1) is 0 Å². The Morgan fingerprint density at radius 1 is 1.06 bits per heavy atom. The van der Waals surface area contributed by atoms with Crippen LogP contribution in [0.15, 0.2) is 77.7 Å². The minimum Gasteiger partial charge on any atom is -0.507 e. The van der Waals surface area contributed by atoms with Crippen molar-refractivity contribution < 1.29 is 19.4 Å². The molecule has 6 heteroatoms. The number of hydrogen-bond donors (Lipinski definition) is 1. The summed E-state index contributed by atoms with van der Waals surface area (Å²) in [5.41, 5.74) is 1.48. The highest BCUT2D eigenvalue weighted by Crippen LogP contribution is 2.42. The number of carbonyl (C=O) groups excluding carboxylic acids is 2. The first-order valence-corrected chi connectivity index (χ1v) is 11.1. The zero-order valence-corrected chi connectivity index (χ0v) is 18.0. The van der Waals surface area contributed by atoms with Gasteiger partial charge in [0.25, 0.3) is 11.7 Å². The minimum absolute atomic E-state index is 0.107. The summed E-state index contributed by atoms with van der Waals surface area (Å²) in [7, 11) is 0. The van der Waals surface area contributed by atoms with Crippen LogP contribution in [0.25, 0.3) is 5.76 Å². The van der Waals surface area contributed by atoms with Gasteiger partial charge >= 0.3 is 0 Å². The Hall–Kier alpha value is -3.38. The van der Waals surface area contributed by atoms with Gasteiger partial charge < -0.3 is 14.7 Å². The van der Waals surface area contributed by atoms with E-state index in [1.54, 1.807) is 24.3 Å². The van der Waals surface area contributed by atoms with Crippen LogP contribution in [0.4, 0.5) is 0 Å². The molecule has 0 aliphatic carbocycles. The van der Waals surface area contributed by atoms with Crippen molar-refractivity contribution in [1.29, 1.82) is 0 Å². The lowest BCUT2D eigenvalue weighted by molar-refractivity contribution is -0.140. The van der Waals surface area contributed by atoms with Crippen LogP contribution in [0.1, 0.15) is 35.4 Å². The van der Waals surface area contributed by atoms with Gasteiger partial charge in [-0.1, -0.05) is 55.5 Å². The fraction of sp³-hybridized carbons (Fsp3) is 0.200. The number of hydrogen-bond acceptors (Lipinski definition) is 5. The van der Waals surface area contributed by atoms with Crippen LogP contribution in [0.2, 0.25) is 0 Å². The second-order valence-electron chi connectivity index (χ2n) is 7.30. The van der Waals surface area contributed by atoms with Gasteiger partial charge in [0.15, 0.2) is 0 Å². The van der Waals surface area contributed by atoms with E-state index in [0.29, 0.717) is 17.9 Å². The average molecular weight is 434 g/mol. The Labute approximate surface area is 185 Å². The molecule has 3 aromatic rings. The number of aliphatic hydroxyl groups excluding tert-OH is 1. The molecule has 31 heavy (non-hydrogen) atoms. The second kappa shape index (κ2) is 9.18. The van der Waals surface area contributed by atoms with E-state index in [1.165, 1.54) is 16.2 Å². The maximum Gasteiger partial charge on any atom is 0.295 e. The molecule has 1 N–H and O–H groups in total. The van der Waals surface area contributed by atoms with Crippen molar-refractivity contribution in [1.82, 2.24) is 4.90 Å². The van der Waals surface area contributed by atoms with Crippen molar-refractivity contribution in [3.05, 3.63) is 93.7 Å². The molecule has 0 bridgehead atoms. The fourth-order valence-electron chi connectivity index (χ4n) is 3.67. The van der Waals surface area contributed by atoms with Gasteiger partial charge in [0.1, 0.15) is 11.5 Å². The molecule has 1 aliphatic heterocycles. The molecule has 0 radical (unpaired) electrons. The van der Waals surface area contributed by atoms with E-state index in [2.05, 4.69) is 0 Å². The first kappa shape index (κ1) is 20.9. The summed E-state index contributed by atoms with van der Waals surface area (Å²) < 4.78 is 5.66. The smallest absolute Gasteiger partial charge is 0.295 e. The van der Waals surface area contributed by atoms with E-state index in [4.69, 9.17) is 4.74 Å². The van der Waals surface area contributed by atoms with Gasteiger partial charge in [0, 0.05) is 17.0 Å². The number of rotatable bonds is 7. The van der Waals surface area contributed by atoms with Crippen molar-refractivity contribution in [2.24, 2.45) is 0 Å². The summed E-state index contributed by atoms with van der Waals surface area (Å²) >= 11 is 1.45. The van der Waals surface area contributed by atoms with Crippen molar-refractivity contribution >= 4 is 28.8 Å². The van der Waals surface area contributed by atoms with Crippen LogP contribution >= 0.6 is 11.3 Å². The topological polar surface area (TPSA) is 66.8 Å². The van der Waals surface area contributed by atoms with Gasteiger partial charge in [0.2, 0.25) is 0 Å². The van der Waals surface area contributed by atoms with E-state index in [-0.39, 0.29) is 17.9 Å². The first-order chi connectivity index (χ1) is 15.1. The molecular weight excluding hydrogens is 410 g/mol. The highest BCUT2D eigenvalue weighted by atomic mass is 32.1. The van der Waals surface area contributed by atoms with E-state index in [1.807, 2.05) is 54.8 Å². The standard InChI is InChI=1S/C25H23NO4S/c1-2-13-30-19-11-6-10-18(15-19)23(27)21-22(20-12-7-14-31-20)26(25(29)24(21)28)16-17-8-4-3-5-9-17/h3-12,14-15,22,27H,2,13,16H2,1H3. The fourth-order valence-corrected chi connectivity index (χ4v) is 4.52. The zero-order chi connectivity index (χ0) is 21.8. The molecule has 0 spiro atoms. The quantitative estimate of drug-likeness (QED) is 0.318. The Bertz CT molecular complexity index is 1110. The number of amides is 1. The van der Waals surface area contributed by atoms with E-state index in [0.717, 1.165) is 16.9 Å². The summed E-state index contributed by atoms with van der Waals surface area (Å²) in [6, 6.07) is 19.6. The molecule has 1 amide bonds. The number of nitrogens with zero attached hydrogens (tertiary/aromatic N) is 1. The molecule has 1 unspecified atom stereocenters. The molecule has 5 nitrogen and oxygen atoms in total. The zero-order valence-electron chi connectivity index (χ0n) is 17.2. The number of benzene rings is 2. The molecule has 2 aromatic carbocycles. The van der Waals surface area contributed by atoms with Gasteiger partial charge in [-0.25, -0.2) is 0 Å². The number of aliphatic hydroxyl groups is 1. The largest absolute Gasteiger partial charge is 0.507 e. The number of likely N-dealkylation sites (tertiary alicyclic amines) is 1. The number of ketones is 1. The summed E-state index contributed by atoms with van der Waals surface area (Å²) in [6.07, 6.45) is 0.860. The normalized spacial score (nSPS) is 17.8. The van der Waals surface area contributed by atoms with Crippen LogP contribution in [0.5, 0.6) is 5.75 Å². The molecular formula is C25H23NO4S. The second-order valence-corrected chi connectivity index (χ2v) is 8.28. The van der Waals surface area contributed by atoms with E-state index < -0.39 is 17.7 Å². The Morgan fingerprint density at radius 2 is 1.87 bits per heavy atom. The first-order valence-electron chi connectivity index (χ1n) is 10.2. The van der Waals surface area contributed by atoms with Gasteiger partial charge in [-0.3, -0.25) is 9.59 Å². The predicted octanol–water partition coefficient (Wildman–Crippen LogP) is 5.16. The number of carbonyl (C=O) groups is 2. The van der Waals surface area contributed by atoms with Gasteiger partial charge in [-0.05, 0) is 35.6 Å². The maximum absolute atomic E-state index is 13.0. The molecule has 0 saturated carbocycles. The highest BCUT2D eigenvalue weighted by molar-refractivity contribution is 7.10. The maximum atomic E-state index is 13.0. The van der Waals surface area contributed by atoms with Gasteiger partial charge in [0.05, 0.1) is 18.2 Å². The molecule has 1 aliphatic rings. The van der Waals surface area contributed by atoms with Crippen molar-refractivity contribution in [3.63, 3.8) is 0 Å². The summed E-state index contributed by atoms with van der Waals surface area (Å²) in [5, 5.41) is 13.0. The van der Waals surface area contributed by atoms with Crippen LogP contribution in [-0.2, 0) is 16.1 Å². The van der Waals surface area contributed by atoms with Crippen molar-refractivity contribution in [3.8, 4) is 5.75 Å². The molecule has 1 atom stereocenters. The third kappa shape index (κ3) is 4.25. The Morgan fingerprint density at radius 3 is 2.58 bits per heavy atom. The van der Waals surface area contributed by atoms with Crippen molar-refractivity contribution in [2.75, 3.05) is 6.61 Å². The Kier molecular flexibility index (Phi) is 6.18. The monoisotopic (exact) mass is 433 g/mol. The van der Waals surface area contributed by atoms with Crippen LogP contribution < -0.4 is 4.74 Å². The third-order valence-electron chi connectivity index (χ3n) is 5.13. The number of thiophene rings is 1. The molecule has 4 rings (SSSR count). The van der Waals surface area contributed by atoms with Crippen LogP contribution in [0.3, 0.4) is 0 Å². The molecule has 158 valence electrons.